The fourth-order valence-corrected chi connectivity index (χ4v) is 3.14. The number of piperidine rings is 1. The molecule has 0 radical (unpaired) electrons. The summed E-state index contributed by atoms with van der Waals surface area (Å²) >= 11 is 0. The molecule has 4 nitrogen and oxygen atoms in total. The lowest BCUT2D eigenvalue weighted by Crippen LogP contribution is -2.70. The third-order valence-electron chi connectivity index (χ3n) is 3.93. The lowest BCUT2D eigenvalue weighted by atomic mass is 9.74. The molecule has 0 amide bonds. The molecule has 0 unspecified atom stereocenters. The van der Waals surface area contributed by atoms with Gasteiger partial charge in [-0.05, 0) is 38.6 Å². The smallest absolute Gasteiger partial charge is 0.127 e. The van der Waals surface area contributed by atoms with Crippen LogP contribution in [0.25, 0.3) is 0 Å². The fraction of sp³-hybridized carbons (Fsp3) is 1.00. The lowest BCUT2D eigenvalue weighted by Gasteiger charge is -2.61. The average molecular weight is 231 g/mol. The van der Waals surface area contributed by atoms with Crippen LogP contribution in [0.2, 0.25) is 0 Å². The maximum Gasteiger partial charge on any atom is 0.127 e. The van der Waals surface area contributed by atoms with Gasteiger partial charge in [-0.3, -0.25) is 0 Å². The standard InChI is InChI=1S/C12H25NO3/c1-7-10-8-11(2,3)13(14,16-15-6)12(4,5)9-10/h10H,7-9H2,1-6H3. The highest BCUT2D eigenvalue weighted by Crippen LogP contribution is 2.48. The minimum Gasteiger partial charge on any atom is -0.595 e. The number of rotatable bonds is 3. The van der Waals surface area contributed by atoms with Crippen LogP contribution in [0.3, 0.4) is 0 Å². The zero-order valence-corrected chi connectivity index (χ0v) is 11.4. The summed E-state index contributed by atoms with van der Waals surface area (Å²) in [6.07, 6.45) is 2.86. The van der Waals surface area contributed by atoms with Crippen molar-refractivity contribution < 1.29 is 14.7 Å². The van der Waals surface area contributed by atoms with Crippen LogP contribution in [0.4, 0.5) is 0 Å². The van der Waals surface area contributed by atoms with Gasteiger partial charge in [0.2, 0.25) is 0 Å². The van der Waals surface area contributed by atoms with Crippen molar-refractivity contribution in [2.45, 2.75) is 65.0 Å². The Balaban J connectivity index is 3.05. The molecule has 0 atom stereocenters. The minimum atomic E-state index is -0.729. The number of hydrogen-bond donors (Lipinski definition) is 0. The Morgan fingerprint density at radius 2 is 1.62 bits per heavy atom. The molecule has 0 N–H and O–H groups in total. The second-order valence-electron chi connectivity index (χ2n) is 6.10. The van der Waals surface area contributed by atoms with Gasteiger partial charge in [0, 0.05) is 12.8 Å². The Hall–Kier alpha value is -0.160. The molecule has 96 valence electrons. The van der Waals surface area contributed by atoms with Crippen LogP contribution in [0, 0.1) is 11.1 Å². The highest BCUT2D eigenvalue weighted by atomic mass is 17.3. The first-order valence-electron chi connectivity index (χ1n) is 6.03. The van der Waals surface area contributed by atoms with Crippen LogP contribution < -0.4 is 0 Å². The van der Waals surface area contributed by atoms with Crippen molar-refractivity contribution in [2.75, 3.05) is 7.11 Å². The first-order chi connectivity index (χ1) is 7.20. The van der Waals surface area contributed by atoms with E-state index in [-0.39, 0.29) is 0 Å². The van der Waals surface area contributed by atoms with Crippen LogP contribution in [-0.4, -0.2) is 23.0 Å². The van der Waals surface area contributed by atoms with Gasteiger partial charge >= 0.3 is 0 Å². The number of hydrogen-bond acceptors (Lipinski definition) is 3. The van der Waals surface area contributed by atoms with Crippen molar-refractivity contribution in [3.8, 4) is 0 Å². The molecule has 0 aromatic carbocycles. The van der Waals surface area contributed by atoms with E-state index >= 15 is 0 Å². The van der Waals surface area contributed by atoms with Gasteiger partial charge in [-0.1, -0.05) is 13.3 Å². The van der Waals surface area contributed by atoms with Crippen LogP contribution in [0.15, 0.2) is 0 Å². The van der Waals surface area contributed by atoms with Crippen molar-refractivity contribution in [1.82, 2.24) is 0 Å². The maximum atomic E-state index is 12.9. The monoisotopic (exact) mass is 231 g/mol. The van der Waals surface area contributed by atoms with Gasteiger partial charge in [-0.15, -0.1) is 0 Å². The van der Waals surface area contributed by atoms with Crippen LogP contribution in [0.1, 0.15) is 53.9 Å². The Kier molecular flexibility index (Phi) is 3.70. The molecule has 1 heterocycles. The summed E-state index contributed by atoms with van der Waals surface area (Å²) in [6.45, 7) is 10.0. The summed E-state index contributed by atoms with van der Waals surface area (Å²) < 4.78 is 0. The zero-order valence-electron chi connectivity index (χ0n) is 11.4. The topological polar surface area (TPSA) is 41.5 Å². The third-order valence-corrected chi connectivity index (χ3v) is 3.93. The summed E-state index contributed by atoms with van der Waals surface area (Å²) in [5.41, 5.74) is -0.948. The summed E-state index contributed by atoms with van der Waals surface area (Å²) in [6, 6.07) is 0. The average Bonchev–Trinajstić information content (AvgIpc) is 2.14. The van der Waals surface area contributed by atoms with E-state index in [1.165, 1.54) is 7.11 Å². The summed E-state index contributed by atoms with van der Waals surface area (Å²) in [4.78, 5) is 9.03. The molecular formula is C12H25NO3. The Labute approximate surface area is 98.6 Å². The van der Waals surface area contributed by atoms with Crippen molar-refractivity contribution in [2.24, 2.45) is 5.92 Å². The van der Waals surface area contributed by atoms with Gasteiger partial charge in [-0.25, -0.2) is 0 Å². The van der Waals surface area contributed by atoms with Crippen LogP contribution in [0.5, 0.6) is 0 Å². The molecule has 0 saturated carbocycles. The van der Waals surface area contributed by atoms with Gasteiger partial charge in [0.1, 0.15) is 11.1 Å². The number of quaternary nitrogens is 1. The van der Waals surface area contributed by atoms with Crippen molar-refractivity contribution in [1.29, 1.82) is 0 Å². The Morgan fingerprint density at radius 3 is 1.94 bits per heavy atom. The zero-order chi connectivity index (χ0) is 12.6. The van der Waals surface area contributed by atoms with E-state index in [2.05, 4.69) is 11.8 Å². The van der Waals surface area contributed by atoms with Crippen molar-refractivity contribution in [3.05, 3.63) is 5.21 Å². The molecular weight excluding hydrogens is 206 g/mol. The fourth-order valence-electron chi connectivity index (χ4n) is 3.14. The van der Waals surface area contributed by atoms with Crippen molar-refractivity contribution in [3.63, 3.8) is 0 Å². The Morgan fingerprint density at radius 1 is 1.19 bits per heavy atom. The van der Waals surface area contributed by atoms with Gasteiger partial charge in [-0.2, -0.15) is 9.70 Å². The van der Waals surface area contributed by atoms with E-state index in [1.54, 1.807) is 0 Å². The minimum absolute atomic E-state index is 0.474. The first kappa shape index (κ1) is 13.9. The van der Waals surface area contributed by atoms with Crippen molar-refractivity contribution >= 4 is 0 Å². The molecule has 0 aliphatic carbocycles. The third kappa shape index (κ3) is 1.99. The molecule has 0 aromatic rings. The number of hydroxylamine groups is 4. The largest absolute Gasteiger partial charge is 0.595 e. The molecule has 1 rings (SSSR count). The summed E-state index contributed by atoms with van der Waals surface area (Å²) in [5, 5.41) is 12.9. The second kappa shape index (κ2) is 4.26. The molecule has 1 saturated heterocycles. The summed E-state index contributed by atoms with van der Waals surface area (Å²) in [7, 11) is 1.40. The molecule has 4 heteroatoms. The number of nitrogens with zero attached hydrogens (tertiary/aromatic N) is 1. The van der Waals surface area contributed by atoms with Gasteiger partial charge < -0.3 is 5.21 Å². The second-order valence-corrected chi connectivity index (χ2v) is 6.10. The highest BCUT2D eigenvalue weighted by Gasteiger charge is 2.56. The summed E-state index contributed by atoms with van der Waals surface area (Å²) in [5.74, 6) is 0.589. The van der Waals surface area contributed by atoms with E-state index in [0.717, 1.165) is 19.3 Å². The Bertz CT molecular complexity index is 233. The quantitative estimate of drug-likeness (QED) is 0.324. The van der Waals surface area contributed by atoms with Gasteiger partial charge in [0.05, 0.1) is 7.11 Å². The predicted octanol–water partition coefficient (Wildman–Crippen LogP) is 3.17. The molecule has 1 aliphatic heterocycles. The van der Waals surface area contributed by atoms with Gasteiger partial charge in [0.15, 0.2) is 0 Å². The van der Waals surface area contributed by atoms with Gasteiger partial charge in [0.25, 0.3) is 0 Å². The molecule has 0 spiro atoms. The first-order valence-corrected chi connectivity index (χ1v) is 6.03. The normalized spacial score (nSPS) is 37.3. The maximum absolute atomic E-state index is 12.9. The molecule has 1 aliphatic rings. The van der Waals surface area contributed by atoms with E-state index < -0.39 is 15.9 Å². The SMILES string of the molecule is CCC1CC(C)(C)[N+]([O-])(OOC)C(C)(C)C1. The molecule has 0 aromatic heterocycles. The van der Waals surface area contributed by atoms with Crippen LogP contribution >= 0.6 is 0 Å². The molecule has 0 bridgehead atoms. The lowest BCUT2D eigenvalue weighted by molar-refractivity contribution is -1.18. The van der Waals surface area contributed by atoms with E-state index in [4.69, 9.17) is 4.99 Å². The highest BCUT2D eigenvalue weighted by molar-refractivity contribution is 4.88. The van der Waals surface area contributed by atoms with Crippen LogP contribution in [-0.2, 0) is 9.88 Å². The predicted molar refractivity (Wildman–Crippen MR) is 62.9 cm³/mol. The van der Waals surface area contributed by atoms with E-state index in [1.807, 2.05) is 27.7 Å². The molecule has 1 fully saturated rings. The molecule has 16 heavy (non-hydrogen) atoms. The van der Waals surface area contributed by atoms with E-state index in [9.17, 15) is 5.21 Å². The van der Waals surface area contributed by atoms with E-state index in [0.29, 0.717) is 5.92 Å².